The molecular weight excluding hydrogens is 679 g/mol. The second-order valence-electron chi connectivity index (χ2n) is 14.4. The van der Waals surface area contributed by atoms with Gasteiger partial charge in [0.15, 0.2) is 0 Å². The van der Waals surface area contributed by atoms with E-state index >= 15 is 0 Å². The molecule has 0 radical (unpaired) electrons. The second-order valence-corrected chi connectivity index (χ2v) is 14.4. The fraction of sp³-hybridized carbons (Fsp3) is 0. The van der Waals surface area contributed by atoms with E-state index in [1.807, 2.05) is 0 Å². The van der Waals surface area contributed by atoms with Crippen molar-refractivity contribution in [3.63, 3.8) is 0 Å². The van der Waals surface area contributed by atoms with Crippen LogP contribution in [0.5, 0.6) is 0 Å². The van der Waals surface area contributed by atoms with Crippen molar-refractivity contribution in [2.75, 3.05) is 4.90 Å². The molecule has 262 valence electrons. The van der Waals surface area contributed by atoms with Gasteiger partial charge in [0, 0.05) is 22.1 Å². The summed E-state index contributed by atoms with van der Waals surface area (Å²) >= 11 is 0. The van der Waals surface area contributed by atoms with Crippen LogP contribution in [0.4, 0.5) is 17.1 Å². The molecule has 0 bridgehead atoms. The minimum absolute atomic E-state index is 0.871. The van der Waals surface area contributed by atoms with Crippen LogP contribution in [0.15, 0.2) is 217 Å². The number of anilines is 3. The van der Waals surface area contributed by atoms with Crippen molar-refractivity contribution in [2.24, 2.45) is 0 Å². The minimum Gasteiger partial charge on any atom is -0.455 e. The standard InChI is InChI=1S/C54H35NO/c1-4-17-37(18-5-1)51-46-27-13-12-26-44(46)45-32-31-40(35-48(45)52(51)38-19-6-2-7-20-38)39-21-14-24-42(34-39)55(41-22-8-3-9-23-41)49-28-15-29-50-53(49)47-33-30-36-16-10-11-25-43(36)54(47)56-50/h1-35H. The Balaban J connectivity index is 1.14. The van der Waals surface area contributed by atoms with Crippen molar-refractivity contribution in [1.82, 2.24) is 0 Å². The monoisotopic (exact) mass is 713 g/mol. The largest absolute Gasteiger partial charge is 0.455 e. The van der Waals surface area contributed by atoms with Gasteiger partial charge in [0.25, 0.3) is 0 Å². The summed E-state index contributed by atoms with van der Waals surface area (Å²) < 4.78 is 6.66. The minimum atomic E-state index is 0.871. The third-order valence-electron chi connectivity index (χ3n) is 11.2. The number of para-hydroxylation sites is 1. The predicted octanol–water partition coefficient (Wildman–Crippen LogP) is 15.5. The summed E-state index contributed by atoms with van der Waals surface area (Å²) in [6.07, 6.45) is 0. The molecule has 56 heavy (non-hydrogen) atoms. The van der Waals surface area contributed by atoms with Gasteiger partial charge in [-0.2, -0.15) is 0 Å². The van der Waals surface area contributed by atoms with Gasteiger partial charge in [-0.05, 0) is 109 Å². The van der Waals surface area contributed by atoms with E-state index in [-0.39, 0.29) is 0 Å². The van der Waals surface area contributed by atoms with Crippen molar-refractivity contribution >= 4 is 71.3 Å². The summed E-state index contributed by atoms with van der Waals surface area (Å²) in [5.74, 6) is 0. The summed E-state index contributed by atoms with van der Waals surface area (Å²) in [6, 6.07) is 76.4. The molecule has 0 amide bonds. The fourth-order valence-corrected chi connectivity index (χ4v) is 8.73. The molecular formula is C54H35NO. The maximum Gasteiger partial charge on any atom is 0.143 e. The first-order valence-electron chi connectivity index (χ1n) is 19.2. The molecule has 0 N–H and O–H groups in total. The highest BCUT2D eigenvalue weighted by molar-refractivity contribution is 6.22. The fourth-order valence-electron chi connectivity index (χ4n) is 8.73. The van der Waals surface area contributed by atoms with Crippen LogP contribution in [0.2, 0.25) is 0 Å². The van der Waals surface area contributed by atoms with Gasteiger partial charge >= 0.3 is 0 Å². The molecule has 0 aliphatic heterocycles. The maximum absolute atomic E-state index is 6.66. The third kappa shape index (κ3) is 5.19. The van der Waals surface area contributed by atoms with Crippen molar-refractivity contribution < 1.29 is 4.42 Å². The Hall–Kier alpha value is -7.42. The van der Waals surface area contributed by atoms with Crippen LogP contribution in [-0.4, -0.2) is 0 Å². The van der Waals surface area contributed by atoms with E-state index in [1.54, 1.807) is 0 Å². The Morgan fingerprint density at radius 2 is 0.875 bits per heavy atom. The van der Waals surface area contributed by atoms with E-state index in [2.05, 4.69) is 217 Å². The first-order chi connectivity index (χ1) is 27.8. The van der Waals surface area contributed by atoms with E-state index in [4.69, 9.17) is 4.42 Å². The molecule has 11 aromatic rings. The number of benzene rings is 10. The van der Waals surface area contributed by atoms with Gasteiger partial charge in [-0.3, -0.25) is 0 Å². The number of hydrogen-bond donors (Lipinski definition) is 0. The average Bonchev–Trinajstić information content (AvgIpc) is 3.67. The molecule has 0 aliphatic carbocycles. The molecule has 0 unspecified atom stereocenters. The number of rotatable bonds is 6. The molecule has 2 nitrogen and oxygen atoms in total. The van der Waals surface area contributed by atoms with Crippen LogP contribution in [0.1, 0.15) is 0 Å². The normalized spacial score (nSPS) is 11.6. The lowest BCUT2D eigenvalue weighted by Gasteiger charge is -2.26. The highest BCUT2D eigenvalue weighted by Crippen LogP contribution is 2.47. The molecule has 0 atom stereocenters. The van der Waals surface area contributed by atoms with Gasteiger partial charge in [0.1, 0.15) is 11.2 Å². The van der Waals surface area contributed by atoms with E-state index < -0.39 is 0 Å². The lowest BCUT2D eigenvalue weighted by molar-refractivity contribution is 0.672. The van der Waals surface area contributed by atoms with E-state index in [0.717, 1.165) is 55.5 Å². The van der Waals surface area contributed by atoms with Gasteiger partial charge in [-0.1, -0.05) is 164 Å². The molecule has 0 spiro atoms. The smallest absolute Gasteiger partial charge is 0.143 e. The van der Waals surface area contributed by atoms with Gasteiger partial charge < -0.3 is 9.32 Å². The van der Waals surface area contributed by atoms with Crippen LogP contribution < -0.4 is 4.90 Å². The van der Waals surface area contributed by atoms with Crippen molar-refractivity contribution in [2.45, 2.75) is 0 Å². The summed E-state index contributed by atoms with van der Waals surface area (Å²) in [6.45, 7) is 0. The lowest BCUT2D eigenvalue weighted by atomic mass is 9.84. The molecule has 0 saturated carbocycles. The van der Waals surface area contributed by atoms with Gasteiger partial charge in [-0.25, -0.2) is 0 Å². The lowest BCUT2D eigenvalue weighted by Crippen LogP contribution is -2.10. The molecule has 2 heteroatoms. The zero-order valence-electron chi connectivity index (χ0n) is 30.6. The van der Waals surface area contributed by atoms with Gasteiger partial charge in [0.2, 0.25) is 0 Å². The quantitative estimate of drug-likeness (QED) is 0.160. The molecule has 11 rings (SSSR count). The second kappa shape index (κ2) is 13.2. The summed E-state index contributed by atoms with van der Waals surface area (Å²) in [4.78, 5) is 2.37. The van der Waals surface area contributed by atoms with Gasteiger partial charge in [-0.15, -0.1) is 0 Å². The Morgan fingerprint density at radius 3 is 1.64 bits per heavy atom. The van der Waals surface area contributed by atoms with Crippen LogP contribution in [-0.2, 0) is 0 Å². The summed E-state index contributed by atoms with van der Waals surface area (Å²) in [7, 11) is 0. The highest BCUT2D eigenvalue weighted by atomic mass is 16.3. The Labute approximate surface area is 325 Å². The maximum atomic E-state index is 6.66. The van der Waals surface area contributed by atoms with E-state index in [0.29, 0.717) is 0 Å². The topological polar surface area (TPSA) is 16.4 Å². The third-order valence-corrected chi connectivity index (χ3v) is 11.2. The van der Waals surface area contributed by atoms with Crippen molar-refractivity contribution in [3.8, 4) is 33.4 Å². The van der Waals surface area contributed by atoms with Crippen LogP contribution in [0.3, 0.4) is 0 Å². The molecule has 1 heterocycles. The summed E-state index contributed by atoms with van der Waals surface area (Å²) in [5.41, 5.74) is 12.3. The Kier molecular flexibility index (Phi) is 7.53. The van der Waals surface area contributed by atoms with Crippen LogP contribution in [0, 0.1) is 0 Å². The van der Waals surface area contributed by atoms with Crippen molar-refractivity contribution in [1.29, 1.82) is 0 Å². The first kappa shape index (κ1) is 32.0. The average molecular weight is 714 g/mol. The van der Waals surface area contributed by atoms with Crippen LogP contribution >= 0.6 is 0 Å². The van der Waals surface area contributed by atoms with E-state index in [9.17, 15) is 0 Å². The highest BCUT2D eigenvalue weighted by Gasteiger charge is 2.22. The number of hydrogen-bond acceptors (Lipinski definition) is 2. The zero-order valence-corrected chi connectivity index (χ0v) is 30.6. The van der Waals surface area contributed by atoms with E-state index in [1.165, 1.54) is 49.2 Å². The number of furan rings is 1. The predicted molar refractivity (Wildman–Crippen MR) is 237 cm³/mol. The van der Waals surface area contributed by atoms with Gasteiger partial charge in [0.05, 0.1) is 11.1 Å². The number of fused-ring (bicyclic) bond motifs is 8. The molecule has 0 saturated heterocycles. The summed E-state index contributed by atoms with van der Waals surface area (Å²) in [5, 5.41) is 9.49. The molecule has 10 aromatic carbocycles. The molecule has 0 fully saturated rings. The van der Waals surface area contributed by atoms with Crippen molar-refractivity contribution in [3.05, 3.63) is 212 Å². The molecule has 1 aromatic heterocycles. The SMILES string of the molecule is c1ccc(-c2c(-c3ccccc3)c3cc(-c4cccc(N(c5ccccc5)c5cccc6oc7c8ccccc8ccc7c56)c4)ccc3c3ccccc23)cc1. The number of nitrogens with zero attached hydrogens (tertiary/aromatic N) is 1. The zero-order chi connectivity index (χ0) is 37.0. The first-order valence-corrected chi connectivity index (χ1v) is 19.2. The van der Waals surface area contributed by atoms with Crippen LogP contribution in [0.25, 0.3) is 87.6 Å². The Bertz CT molecular complexity index is 3240. The molecule has 0 aliphatic rings. The Morgan fingerprint density at radius 1 is 0.321 bits per heavy atom.